The molecule has 1 saturated heterocycles. The molecule has 0 amide bonds. The highest BCUT2D eigenvalue weighted by atomic mass is 16.7. The van der Waals surface area contributed by atoms with Gasteiger partial charge < -0.3 is 14.4 Å². The summed E-state index contributed by atoms with van der Waals surface area (Å²) in [6, 6.07) is 0. The van der Waals surface area contributed by atoms with Gasteiger partial charge in [0.2, 0.25) is 0 Å². The molecule has 0 spiro atoms. The third-order valence-electron chi connectivity index (χ3n) is 3.56. The van der Waals surface area contributed by atoms with Crippen LogP contribution in [0.25, 0.3) is 0 Å². The second-order valence-corrected chi connectivity index (χ2v) is 5.40. The lowest BCUT2D eigenvalue weighted by Gasteiger charge is -2.32. The van der Waals surface area contributed by atoms with Gasteiger partial charge in [-0.1, -0.05) is 18.7 Å². The van der Waals surface area contributed by atoms with Gasteiger partial charge in [0.05, 0.1) is 17.8 Å². The minimum absolute atomic E-state index is 0.0346. The summed E-state index contributed by atoms with van der Waals surface area (Å²) in [5.41, 5.74) is 0.320. The Morgan fingerprint density at radius 2 is 1.76 bits per heavy atom. The summed E-state index contributed by atoms with van der Waals surface area (Å²) in [5.74, 6) is 0. The van der Waals surface area contributed by atoms with E-state index in [1.165, 1.54) is 0 Å². The van der Waals surface area contributed by atoms with Gasteiger partial charge in [0.25, 0.3) is 0 Å². The van der Waals surface area contributed by atoms with Crippen LogP contribution in [0, 0.1) is 0 Å². The molecule has 0 saturated carbocycles. The summed E-state index contributed by atoms with van der Waals surface area (Å²) in [5, 5.41) is 8.98. The first-order chi connectivity index (χ1) is 7.82. The molecular formula is C13H23BO3. The predicted molar refractivity (Wildman–Crippen MR) is 70.9 cm³/mol. The number of hydrogen-bond donors (Lipinski definition) is 1. The Morgan fingerprint density at radius 3 is 2.18 bits per heavy atom. The van der Waals surface area contributed by atoms with Crippen molar-refractivity contribution >= 4 is 7.12 Å². The molecular weight excluding hydrogens is 215 g/mol. The van der Waals surface area contributed by atoms with E-state index < -0.39 is 0 Å². The summed E-state index contributed by atoms with van der Waals surface area (Å²) >= 11 is 0. The summed E-state index contributed by atoms with van der Waals surface area (Å²) < 4.78 is 11.7. The average Bonchev–Trinajstić information content (AvgIpc) is 2.42. The number of hydrogen-bond acceptors (Lipinski definition) is 3. The molecule has 1 rings (SSSR count). The predicted octanol–water partition coefficient (Wildman–Crippen LogP) is 2.57. The molecule has 0 radical (unpaired) electrons. The molecule has 1 N–H and O–H groups in total. The van der Waals surface area contributed by atoms with Gasteiger partial charge in [-0.15, -0.1) is 0 Å². The van der Waals surface area contributed by atoms with Gasteiger partial charge in [-0.2, -0.15) is 0 Å². The molecule has 0 aliphatic carbocycles. The minimum atomic E-state index is -0.264. The molecule has 0 aromatic rings. The summed E-state index contributed by atoms with van der Waals surface area (Å²) in [4.78, 5) is 0. The van der Waals surface area contributed by atoms with Crippen LogP contribution in [0.15, 0.2) is 24.3 Å². The van der Waals surface area contributed by atoms with Crippen molar-refractivity contribution in [3.63, 3.8) is 0 Å². The molecule has 17 heavy (non-hydrogen) atoms. The Morgan fingerprint density at radius 1 is 1.24 bits per heavy atom. The quantitative estimate of drug-likeness (QED) is 0.591. The number of rotatable bonds is 5. The molecule has 0 aromatic carbocycles. The van der Waals surface area contributed by atoms with Crippen molar-refractivity contribution in [2.75, 3.05) is 6.61 Å². The van der Waals surface area contributed by atoms with E-state index in [0.29, 0.717) is 0 Å². The molecule has 1 heterocycles. The topological polar surface area (TPSA) is 38.7 Å². The summed E-state index contributed by atoms with van der Waals surface area (Å²) in [7, 11) is -0.166. The Bertz CT molecular complexity index is 292. The van der Waals surface area contributed by atoms with E-state index in [1.807, 2.05) is 33.8 Å². The highest BCUT2D eigenvalue weighted by Crippen LogP contribution is 2.37. The van der Waals surface area contributed by atoms with Gasteiger partial charge in [0.1, 0.15) is 0 Å². The molecule has 1 aliphatic rings. The van der Waals surface area contributed by atoms with Crippen LogP contribution in [0.1, 0.15) is 34.1 Å². The third kappa shape index (κ3) is 3.44. The van der Waals surface area contributed by atoms with E-state index in [0.717, 1.165) is 18.3 Å². The maximum absolute atomic E-state index is 8.98. The van der Waals surface area contributed by atoms with E-state index in [1.54, 1.807) is 6.08 Å². The maximum atomic E-state index is 8.98. The number of aliphatic hydroxyl groups is 1. The van der Waals surface area contributed by atoms with E-state index in [9.17, 15) is 0 Å². The highest BCUT2D eigenvalue weighted by molar-refractivity contribution is 6.45. The standard InChI is InChI=1S/C13H23BO3/c1-6-11(10-15)8-7-9-14-16-12(2,3)13(4,5)17-14/h6,8,15H,1,7,9-10H2,2-5H3/b11-8+. The first kappa shape index (κ1) is 14.5. The van der Waals surface area contributed by atoms with E-state index >= 15 is 0 Å². The lowest BCUT2D eigenvalue weighted by atomic mass is 9.83. The molecule has 4 heteroatoms. The maximum Gasteiger partial charge on any atom is 0.458 e. The van der Waals surface area contributed by atoms with Crippen LogP contribution >= 0.6 is 0 Å². The Hall–Kier alpha value is -0.575. The fraction of sp³-hybridized carbons (Fsp3) is 0.692. The lowest BCUT2D eigenvalue weighted by Crippen LogP contribution is -2.41. The number of aliphatic hydroxyl groups excluding tert-OH is 1. The van der Waals surface area contributed by atoms with Crippen molar-refractivity contribution in [2.45, 2.75) is 51.6 Å². The lowest BCUT2D eigenvalue weighted by molar-refractivity contribution is 0.00578. The monoisotopic (exact) mass is 238 g/mol. The van der Waals surface area contributed by atoms with E-state index in [2.05, 4.69) is 6.58 Å². The van der Waals surface area contributed by atoms with Crippen molar-refractivity contribution < 1.29 is 14.4 Å². The molecule has 0 unspecified atom stereocenters. The molecule has 1 fully saturated rings. The fourth-order valence-corrected chi connectivity index (χ4v) is 1.70. The molecule has 96 valence electrons. The van der Waals surface area contributed by atoms with Crippen molar-refractivity contribution in [1.29, 1.82) is 0 Å². The minimum Gasteiger partial charge on any atom is -0.403 e. The molecule has 1 aliphatic heterocycles. The summed E-state index contributed by atoms with van der Waals surface area (Å²) in [6.45, 7) is 11.9. The van der Waals surface area contributed by atoms with Crippen LogP contribution in [-0.2, 0) is 9.31 Å². The Balaban J connectivity index is 2.46. The molecule has 0 bridgehead atoms. The zero-order chi connectivity index (χ0) is 13.1. The van der Waals surface area contributed by atoms with Gasteiger partial charge in [-0.25, -0.2) is 0 Å². The Labute approximate surface area is 105 Å². The normalized spacial score (nSPS) is 22.9. The van der Waals surface area contributed by atoms with E-state index in [4.69, 9.17) is 14.4 Å². The van der Waals surface area contributed by atoms with Gasteiger partial charge in [0.15, 0.2) is 0 Å². The van der Waals surface area contributed by atoms with Crippen LogP contribution in [-0.4, -0.2) is 30.0 Å². The highest BCUT2D eigenvalue weighted by Gasteiger charge is 2.50. The second kappa shape index (κ2) is 5.38. The SMILES string of the molecule is C=C/C(=C\CCB1OC(C)(C)C(C)(C)O1)CO. The third-order valence-corrected chi connectivity index (χ3v) is 3.56. The van der Waals surface area contributed by atoms with Crippen molar-refractivity contribution in [3.05, 3.63) is 24.3 Å². The van der Waals surface area contributed by atoms with Gasteiger partial charge in [0, 0.05) is 0 Å². The smallest absolute Gasteiger partial charge is 0.403 e. The van der Waals surface area contributed by atoms with Crippen molar-refractivity contribution in [3.8, 4) is 0 Å². The van der Waals surface area contributed by atoms with Crippen molar-refractivity contribution in [2.24, 2.45) is 0 Å². The molecule has 0 aromatic heterocycles. The number of allylic oxidation sites excluding steroid dienone is 1. The fourth-order valence-electron chi connectivity index (χ4n) is 1.70. The molecule has 3 nitrogen and oxygen atoms in total. The zero-order valence-electron chi connectivity index (χ0n) is 11.3. The van der Waals surface area contributed by atoms with Gasteiger partial charge in [-0.05, 0) is 46.0 Å². The molecule has 0 atom stereocenters. The first-order valence-electron chi connectivity index (χ1n) is 6.10. The Kier molecular flexibility index (Phi) is 4.58. The van der Waals surface area contributed by atoms with Crippen LogP contribution in [0.5, 0.6) is 0 Å². The van der Waals surface area contributed by atoms with Gasteiger partial charge in [-0.3, -0.25) is 0 Å². The summed E-state index contributed by atoms with van der Waals surface area (Å²) in [6.07, 6.45) is 5.26. The van der Waals surface area contributed by atoms with Crippen molar-refractivity contribution in [1.82, 2.24) is 0 Å². The van der Waals surface area contributed by atoms with Gasteiger partial charge >= 0.3 is 7.12 Å². The van der Waals surface area contributed by atoms with Crippen LogP contribution in [0.4, 0.5) is 0 Å². The van der Waals surface area contributed by atoms with Crippen LogP contribution < -0.4 is 0 Å². The van der Waals surface area contributed by atoms with E-state index in [-0.39, 0.29) is 24.9 Å². The largest absolute Gasteiger partial charge is 0.458 e. The van der Waals surface area contributed by atoms with Crippen LogP contribution in [0.3, 0.4) is 0 Å². The average molecular weight is 238 g/mol. The zero-order valence-corrected chi connectivity index (χ0v) is 11.3. The first-order valence-corrected chi connectivity index (χ1v) is 6.10. The second-order valence-electron chi connectivity index (χ2n) is 5.40. The van der Waals surface area contributed by atoms with Crippen LogP contribution in [0.2, 0.25) is 6.32 Å².